The van der Waals surface area contributed by atoms with Gasteiger partial charge in [0, 0.05) is 50.4 Å². The van der Waals surface area contributed by atoms with Crippen LogP contribution in [0, 0.1) is 32.7 Å². The third-order valence-electron chi connectivity index (χ3n) is 6.96. The van der Waals surface area contributed by atoms with Crippen molar-refractivity contribution in [3.63, 3.8) is 0 Å². The van der Waals surface area contributed by atoms with E-state index in [0.717, 1.165) is 49.8 Å². The molecule has 201 valence electrons. The van der Waals surface area contributed by atoms with Crippen LogP contribution in [-0.4, -0.2) is 9.97 Å². The van der Waals surface area contributed by atoms with Crippen LogP contribution in [0.3, 0.4) is 0 Å². The van der Waals surface area contributed by atoms with E-state index in [1.54, 1.807) is 0 Å². The Labute approximate surface area is 264 Å². The Bertz CT molecular complexity index is 2520. The molecular formula is C37H26IrN2O-2. The van der Waals surface area contributed by atoms with Crippen LogP contribution in [0.5, 0.6) is 0 Å². The topological polar surface area (TPSA) is 38.9 Å². The van der Waals surface area contributed by atoms with Crippen molar-refractivity contribution in [3.8, 4) is 11.3 Å². The molecule has 0 aliphatic carbocycles. The van der Waals surface area contributed by atoms with Gasteiger partial charge in [-0.1, -0.05) is 89.2 Å². The molecule has 0 saturated heterocycles. The zero-order valence-corrected chi connectivity index (χ0v) is 23.8. The summed E-state index contributed by atoms with van der Waals surface area (Å²) in [5.74, 6) is 0. The molecule has 0 bridgehead atoms. The van der Waals surface area contributed by atoms with E-state index in [1.807, 2.05) is 30.5 Å². The van der Waals surface area contributed by atoms with Gasteiger partial charge in [0.15, 0.2) is 0 Å². The summed E-state index contributed by atoms with van der Waals surface area (Å²) in [5, 5.41) is 7.87. The first-order valence-electron chi connectivity index (χ1n) is 17.2. The van der Waals surface area contributed by atoms with Gasteiger partial charge in [-0.05, 0) is 58.6 Å². The molecule has 3 nitrogen and oxygen atoms in total. The van der Waals surface area contributed by atoms with Gasteiger partial charge in [0.05, 0.1) is 11.2 Å². The molecule has 0 N–H and O–H groups in total. The molecule has 1 radical (unpaired) electrons. The van der Waals surface area contributed by atoms with Crippen LogP contribution in [-0.2, 0) is 20.1 Å². The average Bonchev–Trinajstić information content (AvgIpc) is 3.44. The maximum atomic E-state index is 7.54. The molecule has 3 heterocycles. The SMILES string of the molecule is [2H]C([2H])([2H])c1c[c-]c(-c2cc(C([2H])([2H])[2H])c(C([2H])([2H])[2H])cn2)cc1.[Ir].[c-]1c2c(cc3c1c1ncccc1c1ccccc31)oc1ccccc12. The van der Waals surface area contributed by atoms with Gasteiger partial charge in [-0.3, -0.25) is 4.98 Å². The van der Waals surface area contributed by atoms with E-state index in [1.165, 1.54) is 35.0 Å². The van der Waals surface area contributed by atoms with Gasteiger partial charge in [0.1, 0.15) is 0 Å². The van der Waals surface area contributed by atoms with Crippen molar-refractivity contribution in [2.45, 2.75) is 20.6 Å². The second-order valence-corrected chi connectivity index (χ2v) is 9.45. The fourth-order valence-electron chi connectivity index (χ4n) is 5.05. The molecule has 3 aromatic heterocycles. The van der Waals surface area contributed by atoms with Gasteiger partial charge in [-0.2, -0.15) is 0 Å². The fourth-order valence-corrected chi connectivity index (χ4v) is 5.05. The van der Waals surface area contributed by atoms with Crippen LogP contribution < -0.4 is 0 Å². The number of benzene rings is 5. The standard InChI is InChI=1S/C23H12NO.C14H14N.Ir/c1-2-7-15-14(6-1)17-9-5-11-24-23(17)20-12-19-16-8-3-4-10-21(16)25-22(19)13-18(15)20;1-10-4-6-13(7-5-10)14-8-11(2)12(3)9-15-14;/h1-11,13H;4-6,8-9H,1-3H3;/q2*-1;/i;1D3,2D3,3D3;. The average molecular weight is 716 g/mol. The summed E-state index contributed by atoms with van der Waals surface area (Å²) >= 11 is 0. The Balaban J connectivity index is 0.000000170. The summed E-state index contributed by atoms with van der Waals surface area (Å²) in [5.41, 5.74) is 2.81. The smallest absolute Gasteiger partial charge is 0.0912 e. The van der Waals surface area contributed by atoms with Crippen molar-refractivity contribution in [2.24, 2.45) is 0 Å². The summed E-state index contributed by atoms with van der Waals surface area (Å²) in [7, 11) is 0. The van der Waals surface area contributed by atoms with Crippen molar-refractivity contribution in [1.29, 1.82) is 0 Å². The number of aryl methyl sites for hydroxylation is 3. The minimum Gasteiger partial charge on any atom is -0.500 e. The molecule has 8 aromatic rings. The molecule has 0 fully saturated rings. The van der Waals surface area contributed by atoms with Crippen LogP contribution in [0.1, 0.15) is 29.0 Å². The van der Waals surface area contributed by atoms with Crippen LogP contribution in [0.2, 0.25) is 0 Å². The molecule has 0 atom stereocenters. The largest absolute Gasteiger partial charge is 0.500 e. The first-order valence-corrected chi connectivity index (χ1v) is 12.7. The predicted molar refractivity (Wildman–Crippen MR) is 166 cm³/mol. The first kappa shape index (κ1) is 18.1. The monoisotopic (exact) mass is 716 g/mol. The van der Waals surface area contributed by atoms with Gasteiger partial charge in [0.25, 0.3) is 0 Å². The Kier molecular flexibility index (Phi) is 4.82. The van der Waals surface area contributed by atoms with Gasteiger partial charge in [0.2, 0.25) is 0 Å². The van der Waals surface area contributed by atoms with Crippen molar-refractivity contribution in [1.82, 2.24) is 9.97 Å². The molecular weight excluding hydrogens is 681 g/mol. The van der Waals surface area contributed by atoms with E-state index in [-0.39, 0.29) is 42.5 Å². The van der Waals surface area contributed by atoms with Crippen LogP contribution >= 0.6 is 0 Å². The van der Waals surface area contributed by atoms with Gasteiger partial charge < -0.3 is 9.40 Å². The number of hydrogen-bond acceptors (Lipinski definition) is 3. The van der Waals surface area contributed by atoms with Gasteiger partial charge in [-0.15, -0.1) is 41.5 Å². The fraction of sp³-hybridized carbons (Fsp3) is 0.0811. The molecule has 4 heteroatoms. The van der Waals surface area contributed by atoms with Gasteiger partial charge in [-0.25, -0.2) is 0 Å². The number of aromatic nitrogens is 2. The van der Waals surface area contributed by atoms with E-state index in [4.69, 9.17) is 16.8 Å². The number of furan rings is 1. The second-order valence-electron chi connectivity index (χ2n) is 9.45. The summed E-state index contributed by atoms with van der Waals surface area (Å²) in [6.45, 7) is -7.47. The van der Waals surface area contributed by atoms with Crippen molar-refractivity contribution >= 4 is 54.4 Å². The zero-order valence-electron chi connectivity index (χ0n) is 30.5. The van der Waals surface area contributed by atoms with E-state index in [2.05, 4.69) is 64.6 Å². The number of pyridine rings is 2. The quantitative estimate of drug-likeness (QED) is 0.126. The number of fused-ring (bicyclic) bond motifs is 9. The van der Waals surface area contributed by atoms with E-state index >= 15 is 0 Å². The molecule has 0 amide bonds. The third kappa shape index (κ3) is 4.80. The van der Waals surface area contributed by atoms with Crippen LogP contribution in [0.15, 0.2) is 108 Å². The Morgan fingerprint density at radius 1 is 0.683 bits per heavy atom. The molecule has 0 saturated carbocycles. The van der Waals surface area contributed by atoms with Crippen molar-refractivity contribution in [2.75, 3.05) is 0 Å². The maximum absolute atomic E-state index is 7.54. The molecule has 8 rings (SSSR count). The molecule has 0 spiro atoms. The Morgan fingerprint density at radius 2 is 1.46 bits per heavy atom. The van der Waals surface area contributed by atoms with E-state index < -0.39 is 20.6 Å². The molecule has 0 aliphatic rings. The second kappa shape index (κ2) is 10.9. The summed E-state index contributed by atoms with van der Waals surface area (Å²) in [6, 6.07) is 34.5. The minimum absolute atomic E-state index is 0. The Morgan fingerprint density at radius 3 is 2.24 bits per heavy atom. The summed E-state index contributed by atoms with van der Waals surface area (Å²) in [4.78, 5) is 8.67. The zero-order chi connectivity index (χ0) is 34.7. The van der Waals surface area contributed by atoms with Crippen LogP contribution in [0.25, 0.3) is 65.6 Å². The molecule has 0 aliphatic heterocycles. The molecule has 41 heavy (non-hydrogen) atoms. The van der Waals surface area contributed by atoms with Crippen molar-refractivity contribution < 1.29 is 36.9 Å². The minimum atomic E-state index is -2.61. The number of rotatable bonds is 1. The maximum Gasteiger partial charge on any atom is 0.0912 e. The summed E-state index contributed by atoms with van der Waals surface area (Å²) in [6.07, 6.45) is 2.87. The third-order valence-corrected chi connectivity index (χ3v) is 6.96. The van der Waals surface area contributed by atoms with E-state index in [0.29, 0.717) is 5.56 Å². The predicted octanol–water partition coefficient (Wildman–Crippen LogP) is 9.71. The number of para-hydroxylation sites is 1. The van der Waals surface area contributed by atoms with Crippen molar-refractivity contribution in [3.05, 3.63) is 132 Å². The summed E-state index contributed by atoms with van der Waals surface area (Å²) < 4.78 is 73.0. The molecule has 5 aromatic carbocycles. The van der Waals surface area contributed by atoms with E-state index in [9.17, 15) is 0 Å². The van der Waals surface area contributed by atoms with Gasteiger partial charge >= 0.3 is 0 Å². The molecule has 0 unspecified atom stereocenters. The number of nitrogens with zero attached hydrogens (tertiary/aromatic N) is 2. The number of hydrogen-bond donors (Lipinski definition) is 0. The Hall–Kier alpha value is -4.37. The first-order chi connectivity index (χ1) is 23.2. The van der Waals surface area contributed by atoms with Crippen LogP contribution in [0.4, 0.5) is 0 Å². The normalized spacial score (nSPS) is 15.3.